The molecule has 1 aromatic carbocycles. The van der Waals surface area contributed by atoms with Crippen LogP contribution in [0.5, 0.6) is 0 Å². The van der Waals surface area contributed by atoms with E-state index in [0.29, 0.717) is 0 Å². The Morgan fingerprint density at radius 2 is 1.95 bits per heavy atom. The van der Waals surface area contributed by atoms with Crippen LogP contribution in [0.1, 0.15) is 10.4 Å². The molecule has 8 heteroatoms. The number of carbonyl (C=O) groups excluding carboxylic acids is 2. The summed E-state index contributed by atoms with van der Waals surface area (Å²) in [5, 5.41) is 5.08. The van der Waals surface area contributed by atoms with Crippen molar-refractivity contribution in [1.82, 2.24) is 10.3 Å². The first kappa shape index (κ1) is 16.2. The highest BCUT2D eigenvalue weighted by molar-refractivity contribution is 6.34. The van der Waals surface area contributed by atoms with Crippen LogP contribution in [0.4, 0.5) is 10.1 Å². The van der Waals surface area contributed by atoms with Crippen molar-refractivity contribution in [2.24, 2.45) is 0 Å². The molecular formula is C14H10Cl2FN3O2. The van der Waals surface area contributed by atoms with E-state index in [-0.39, 0.29) is 28.1 Å². The van der Waals surface area contributed by atoms with Gasteiger partial charge in [0.15, 0.2) is 5.15 Å². The van der Waals surface area contributed by atoms with Gasteiger partial charge >= 0.3 is 0 Å². The Kier molecular flexibility index (Phi) is 5.30. The molecule has 0 unspecified atom stereocenters. The Labute approximate surface area is 135 Å². The molecule has 0 aliphatic heterocycles. The Bertz CT molecular complexity index is 725. The van der Waals surface area contributed by atoms with E-state index in [1.807, 2.05) is 0 Å². The number of hydrogen-bond acceptors (Lipinski definition) is 3. The smallest absolute Gasteiger partial charge is 0.251 e. The summed E-state index contributed by atoms with van der Waals surface area (Å²) in [4.78, 5) is 27.3. The largest absolute Gasteiger partial charge is 0.343 e. The van der Waals surface area contributed by atoms with Crippen LogP contribution >= 0.6 is 23.2 Å². The zero-order chi connectivity index (χ0) is 16.1. The molecule has 0 atom stereocenters. The van der Waals surface area contributed by atoms with E-state index in [1.54, 1.807) is 0 Å². The van der Waals surface area contributed by atoms with Crippen LogP contribution in [-0.4, -0.2) is 23.3 Å². The highest BCUT2D eigenvalue weighted by atomic mass is 35.5. The standard InChI is InChI=1S/C14H10Cl2FN3O2/c15-11-5-4-10(13(16)20-11)19-12(21)7-18-14(22)8-2-1-3-9(17)6-8/h1-6H,7H2,(H,18,22)(H,19,21). The first-order valence-corrected chi connectivity index (χ1v) is 6.87. The molecule has 0 aliphatic carbocycles. The molecule has 5 nitrogen and oxygen atoms in total. The average Bonchev–Trinajstić information content (AvgIpc) is 2.47. The summed E-state index contributed by atoms with van der Waals surface area (Å²) in [6.07, 6.45) is 0. The monoisotopic (exact) mass is 341 g/mol. The number of anilines is 1. The lowest BCUT2D eigenvalue weighted by atomic mass is 10.2. The molecule has 0 fully saturated rings. The van der Waals surface area contributed by atoms with E-state index in [4.69, 9.17) is 23.2 Å². The molecule has 0 saturated carbocycles. The lowest BCUT2D eigenvalue weighted by molar-refractivity contribution is -0.115. The third-order valence-electron chi connectivity index (χ3n) is 2.59. The van der Waals surface area contributed by atoms with Crippen molar-refractivity contribution in [2.45, 2.75) is 0 Å². The minimum absolute atomic E-state index is 0.0392. The zero-order valence-electron chi connectivity index (χ0n) is 11.1. The lowest BCUT2D eigenvalue weighted by Crippen LogP contribution is -2.33. The van der Waals surface area contributed by atoms with E-state index < -0.39 is 17.6 Å². The predicted molar refractivity (Wildman–Crippen MR) is 81.6 cm³/mol. The second-order valence-corrected chi connectivity index (χ2v) is 4.96. The predicted octanol–water partition coefficient (Wildman–Crippen LogP) is 2.90. The Morgan fingerprint density at radius 1 is 1.18 bits per heavy atom. The van der Waals surface area contributed by atoms with Gasteiger partial charge in [0.05, 0.1) is 12.2 Å². The Hall–Kier alpha value is -2.18. The number of carbonyl (C=O) groups is 2. The topological polar surface area (TPSA) is 71.1 Å². The van der Waals surface area contributed by atoms with Crippen molar-refractivity contribution >= 4 is 40.7 Å². The van der Waals surface area contributed by atoms with Crippen LogP contribution in [0.3, 0.4) is 0 Å². The van der Waals surface area contributed by atoms with Crippen molar-refractivity contribution in [2.75, 3.05) is 11.9 Å². The zero-order valence-corrected chi connectivity index (χ0v) is 12.6. The van der Waals surface area contributed by atoms with Gasteiger partial charge in [0.1, 0.15) is 11.0 Å². The highest BCUT2D eigenvalue weighted by Gasteiger charge is 2.10. The Balaban J connectivity index is 1.91. The molecule has 0 bridgehead atoms. The molecule has 0 saturated heterocycles. The third kappa shape index (κ3) is 4.41. The second-order valence-electron chi connectivity index (χ2n) is 4.21. The fourth-order valence-electron chi connectivity index (χ4n) is 1.59. The molecule has 0 spiro atoms. The van der Waals surface area contributed by atoms with Gasteiger partial charge in [-0.3, -0.25) is 9.59 Å². The average molecular weight is 342 g/mol. The maximum atomic E-state index is 13.0. The number of nitrogens with one attached hydrogen (secondary N) is 2. The van der Waals surface area contributed by atoms with Gasteiger partial charge in [0, 0.05) is 5.56 Å². The van der Waals surface area contributed by atoms with Crippen molar-refractivity contribution < 1.29 is 14.0 Å². The fraction of sp³-hybridized carbons (Fsp3) is 0.0714. The summed E-state index contributed by atoms with van der Waals surface area (Å²) in [6.45, 7) is -0.297. The molecule has 0 aliphatic rings. The second kappa shape index (κ2) is 7.20. The van der Waals surface area contributed by atoms with Gasteiger partial charge in [-0.2, -0.15) is 0 Å². The van der Waals surface area contributed by atoms with Gasteiger partial charge in [0.25, 0.3) is 5.91 Å². The van der Waals surface area contributed by atoms with Crippen molar-refractivity contribution in [3.63, 3.8) is 0 Å². The maximum Gasteiger partial charge on any atom is 0.251 e. The summed E-state index contributed by atoms with van der Waals surface area (Å²) >= 11 is 11.5. The van der Waals surface area contributed by atoms with Gasteiger partial charge in [-0.25, -0.2) is 9.37 Å². The molecule has 2 amide bonds. The van der Waals surface area contributed by atoms with Crippen molar-refractivity contribution in [3.8, 4) is 0 Å². The minimum Gasteiger partial charge on any atom is -0.343 e. The van der Waals surface area contributed by atoms with Crippen molar-refractivity contribution in [1.29, 1.82) is 0 Å². The lowest BCUT2D eigenvalue weighted by Gasteiger charge is -2.08. The molecule has 0 radical (unpaired) electrons. The Morgan fingerprint density at radius 3 is 2.64 bits per heavy atom. The van der Waals surface area contributed by atoms with E-state index in [2.05, 4.69) is 15.6 Å². The van der Waals surface area contributed by atoms with Crippen molar-refractivity contribution in [3.05, 3.63) is 58.1 Å². The molecule has 114 valence electrons. The van der Waals surface area contributed by atoms with Crippen LogP contribution in [-0.2, 0) is 4.79 Å². The first-order valence-electron chi connectivity index (χ1n) is 6.11. The number of rotatable bonds is 4. The molecule has 2 rings (SSSR count). The number of benzene rings is 1. The summed E-state index contributed by atoms with van der Waals surface area (Å²) in [7, 11) is 0. The van der Waals surface area contributed by atoms with E-state index in [9.17, 15) is 14.0 Å². The summed E-state index contributed by atoms with van der Waals surface area (Å²) in [5.41, 5.74) is 0.398. The molecule has 22 heavy (non-hydrogen) atoms. The third-order valence-corrected chi connectivity index (χ3v) is 3.08. The van der Waals surface area contributed by atoms with Gasteiger partial charge in [-0.15, -0.1) is 0 Å². The van der Waals surface area contributed by atoms with E-state index in [0.717, 1.165) is 6.07 Å². The van der Waals surface area contributed by atoms with Gasteiger partial charge < -0.3 is 10.6 Å². The van der Waals surface area contributed by atoms with Crippen LogP contribution in [0.2, 0.25) is 10.3 Å². The van der Waals surface area contributed by atoms with Crippen LogP contribution in [0.25, 0.3) is 0 Å². The molecule has 2 aromatic rings. The van der Waals surface area contributed by atoms with Gasteiger partial charge in [0.2, 0.25) is 5.91 Å². The molecular weight excluding hydrogens is 332 g/mol. The summed E-state index contributed by atoms with van der Waals surface area (Å²) < 4.78 is 13.0. The number of pyridine rings is 1. The normalized spacial score (nSPS) is 10.1. The van der Waals surface area contributed by atoms with Crippen LogP contribution < -0.4 is 10.6 Å². The summed E-state index contributed by atoms with van der Waals surface area (Å²) in [6, 6.07) is 8.10. The molecule has 1 heterocycles. The van der Waals surface area contributed by atoms with E-state index in [1.165, 1.54) is 30.3 Å². The quantitative estimate of drug-likeness (QED) is 0.840. The van der Waals surface area contributed by atoms with Gasteiger partial charge in [-0.1, -0.05) is 29.3 Å². The minimum atomic E-state index is -0.560. The van der Waals surface area contributed by atoms with Gasteiger partial charge in [-0.05, 0) is 30.3 Å². The van der Waals surface area contributed by atoms with E-state index >= 15 is 0 Å². The fourth-order valence-corrected chi connectivity index (χ4v) is 1.98. The number of hydrogen-bond donors (Lipinski definition) is 2. The number of nitrogens with zero attached hydrogens (tertiary/aromatic N) is 1. The van der Waals surface area contributed by atoms with Crippen LogP contribution in [0, 0.1) is 5.82 Å². The summed E-state index contributed by atoms with van der Waals surface area (Å²) in [5.74, 6) is -1.60. The molecule has 2 N–H and O–H groups in total. The highest BCUT2D eigenvalue weighted by Crippen LogP contribution is 2.21. The van der Waals surface area contributed by atoms with Crippen LogP contribution in [0.15, 0.2) is 36.4 Å². The molecule has 1 aromatic heterocycles. The maximum absolute atomic E-state index is 13.0. The number of aromatic nitrogens is 1. The first-order chi connectivity index (χ1) is 10.5. The number of halogens is 3. The number of amides is 2. The SMILES string of the molecule is O=C(CNC(=O)c1cccc(F)c1)Nc1ccc(Cl)nc1Cl.